The molecule has 0 spiro atoms. The Balaban J connectivity index is 3.11. The summed E-state index contributed by atoms with van der Waals surface area (Å²) in [7, 11) is 0. The van der Waals surface area contributed by atoms with Gasteiger partial charge in [0.25, 0.3) is 0 Å². The van der Waals surface area contributed by atoms with Crippen molar-refractivity contribution >= 4 is 5.97 Å². The monoisotopic (exact) mass is 146 g/mol. The third kappa shape index (κ3) is 5.56. The fraction of sp³-hybridized carbons (Fsp3) is 0.857. The lowest BCUT2D eigenvalue weighted by Crippen LogP contribution is -2.11. The summed E-state index contributed by atoms with van der Waals surface area (Å²) >= 11 is 0. The molecule has 0 saturated heterocycles. The standard InChI is InChI=1S/C7H14O3/c1-4-6(2)9-5-10-7(3)8/h6H,4-5H2,1-3H3. The molecule has 60 valence electrons. The minimum Gasteiger partial charge on any atom is -0.439 e. The van der Waals surface area contributed by atoms with Crippen molar-refractivity contribution in [1.82, 2.24) is 0 Å². The van der Waals surface area contributed by atoms with Crippen LogP contribution in [0.15, 0.2) is 0 Å². The number of carbonyl (C=O) groups excluding carboxylic acids is 1. The molecule has 0 aliphatic heterocycles. The Morgan fingerprint density at radius 3 is 2.60 bits per heavy atom. The smallest absolute Gasteiger partial charge is 0.304 e. The van der Waals surface area contributed by atoms with Crippen LogP contribution in [0, 0.1) is 0 Å². The zero-order valence-corrected chi connectivity index (χ0v) is 6.72. The van der Waals surface area contributed by atoms with Gasteiger partial charge < -0.3 is 9.47 Å². The number of rotatable bonds is 4. The lowest BCUT2D eigenvalue weighted by molar-refractivity contribution is -0.157. The Morgan fingerprint density at radius 2 is 2.20 bits per heavy atom. The summed E-state index contributed by atoms with van der Waals surface area (Å²) in [5.74, 6) is -0.302. The Bertz CT molecular complexity index is 101. The van der Waals surface area contributed by atoms with Crippen LogP contribution in [0.5, 0.6) is 0 Å². The van der Waals surface area contributed by atoms with E-state index in [2.05, 4.69) is 4.74 Å². The number of ether oxygens (including phenoxy) is 2. The van der Waals surface area contributed by atoms with Gasteiger partial charge in [-0.3, -0.25) is 4.79 Å². The third-order valence-corrected chi connectivity index (χ3v) is 1.19. The maximum absolute atomic E-state index is 10.2. The molecule has 0 saturated carbocycles. The average molecular weight is 146 g/mol. The largest absolute Gasteiger partial charge is 0.439 e. The first-order valence-corrected chi connectivity index (χ1v) is 3.41. The molecule has 0 aliphatic rings. The van der Waals surface area contributed by atoms with Gasteiger partial charge in [0.05, 0.1) is 6.10 Å². The van der Waals surface area contributed by atoms with Gasteiger partial charge in [-0.1, -0.05) is 6.92 Å². The fourth-order valence-corrected chi connectivity index (χ4v) is 0.351. The highest BCUT2D eigenvalue weighted by Gasteiger charge is 1.98. The summed E-state index contributed by atoms with van der Waals surface area (Å²) in [6, 6.07) is 0. The molecule has 0 fully saturated rings. The second-order valence-electron chi connectivity index (χ2n) is 2.14. The number of esters is 1. The van der Waals surface area contributed by atoms with E-state index in [4.69, 9.17) is 4.74 Å². The number of carbonyl (C=O) groups is 1. The fourth-order valence-electron chi connectivity index (χ4n) is 0.351. The van der Waals surface area contributed by atoms with Gasteiger partial charge in [0.15, 0.2) is 6.79 Å². The second-order valence-corrected chi connectivity index (χ2v) is 2.14. The van der Waals surface area contributed by atoms with Crippen LogP contribution in [0.3, 0.4) is 0 Å². The topological polar surface area (TPSA) is 35.5 Å². The third-order valence-electron chi connectivity index (χ3n) is 1.19. The molecular formula is C7H14O3. The van der Waals surface area contributed by atoms with Crippen molar-refractivity contribution in [3.63, 3.8) is 0 Å². The highest BCUT2D eigenvalue weighted by atomic mass is 16.7. The van der Waals surface area contributed by atoms with Crippen molar-refractivity contribution in [3.8, 4) is 0 Å². The zero-order valence-electron chi connectivity index (χ0n) is 6.72. The van der Waals surface area contributed by atoms with Crippen LogP contribution in [-0.4, -0.2) is 18.9 Å². The molecule has 1 unspecified atom stereocenters. The Hall–Kier alpha value is -0.570. The minimum atomic E-state index is -0.302. The zero-order chi connectivity index (χ0) is 7.98. The van der Waals surface area contributed by atoms with E-state index < -0.39 is 0 Å². The van der Waals surface area contributed by atoms with Gasteiger partial charge >= 0.3 is 5.97 Å². The molecule has 0 rings (SSSR count). The molecule has 1 atom stereocenters. The number of hydrogen-bond acceptors (Lipinski definition) is 3. The molecule has 3 heteroatoms. The Labute approximate surface area is 61.3 Å². The quantitative estimate of drug-likeness (QED) is 0.443. The molecule has 0 N–H and O–H groups in total. The van der Waals surface area contributed by atoms with E-state index in [0.29, 0.717) is 0 Å². The molecule has 0 amide bonds. The van der Waals surface area contributed by atoms with E-state index in [9.17, 15) is 4.79 Å². The van der Waals surface area contributed by atoms with Gasteiger partial charge in [0, 0.05) is 6.92 Å². The van der Waals surface area contributed by atoms with Gasteiger partial charge in [0.1, 0.15) is 0 Å². The van der Waals surface area contributed by atoms with Crippen molar-refractivity contribution in [2.45, 2.75) is 33.3 Å². The van der Waals surface area contributed by atoms with Crippen molar-refractivity contribution in [2.75, 3.05) is 6.79 Å². The Kier molecular flexibility index (Phi) is 4.94. The maximum Gasteiger partial charge on any atom is 0.304 e. The van der Waals surface area contributed by atoms with E-state index in [-0.39, 0.29) is 18.9 Å². The summed E-state index contributed by atoms with van der Waals surface area (Å²) in [6.45, 7) is 5.38. The van der Waals surface area contributed by atoms with Crippen LogP contribution in [0.1, 0.15) is 27.2 Å². The summed E-state index contributed by atoms with van der Waals surface area (Å²) < 4.78 is 9.61. The molecule has 3 nitrogen and oxygen atoms in total. The highest BCUT2D eigenvalue weighted by Crippen LogP contribution is 1.94. The molecular weight excluding hydrogens is 132 g/mol. The molecule has 0 aliphatic carbocycles. The second kappa shape index (κ2) is 5.23. The molecule has 0 aromatic carbocycles. The molecule has 0 aromatic rings. The molecule has 0 heterocycles. The first-order valence-electron chi connectivity index (χ1n) is 3.41. The summed E-state index contributed by atoms with van der Waals surface area (Å²) in [4.78, 5) is 10.2. The SMILES string of the molecule is CCC(C)OCOC(C)=O. The Morgan fingerprint density at radius 1 is 1.60 bits per heavy atom. The minimum absolute atomic E-state index is 0.0737. The van der Waals surface area contributed by atoms with E-state index in [0.717, 1.165) is 6.42 Å². The van der Waals surface area contributed by atoms with Gasteiger partial charge in [-0.05, 0) is 13.3 Å². The van der Waals surface area contributed by atoms with Crippen LogP contribution >= 0.6 is 0 Å². The van der Waals surface area contributed by atoms with Crippen molar-refractivity contribution in [3.05, 3.63) is 0 Å². The predicted molar refractivity (Wildman–Crippen MR) is 37.5 cm³/mol. The summed E-state index contributed by atoms with van der Waals surface area (Å²) in [5.41, 5.74) is 0. The van der Waals surface area contributed by atoms with Crippen LogP contribution in [-0.2, 0) is 14.3 Å². The summed E-state index contributed by atoms with van der Waals surface area (Å²) in [6.07, 6.45) is 1.10. The van der Waals surface area contributed by atoms with Crippen LogP contribution in [0.2, 0.25) is 0 Å². The maximum atomic E-state index is 10.2. The van der Waals surface area contributed by atoms with Gasteiger partial charge in [-0.25, -0.2) is 0 Å². The van der Waals surface area contributed by atoms with Crippen LogP contribution in [0.25, 0.3) is 0 Å². The van der Waals surface area contributed by atoms with E-state index >= 15 is 0 Å². The average Bonchev–Trinajstić information content (AvgIpc) is 1.87. The van der Waals surface area contributed by atoms with E-state index in [1.807, 2.05) is 13.8 Å². The first-order chi connectivity index (χ1) is 4.66. The number of hydrogen-bond donors (Lipinski definition) is 0. The summed E-state index contributed by atoms with van der Waals surface area (Å²) in [5, 5.41) is 0. The molecule has 0 aromatic heterocycles. The molecule has 10 heavy (non-hydrogen) atoms. The van der Waals surface area contributed by atoms with Crippen molar-refractivity contribution in [2.24, 2.45) is 0 Å². The van der Waals surface area contributed by atoms with Gasteiger partial charge in [0.2, 0.25) is 0 Å². The van der Waals surface area contributed by atoms with Crippen LogP contribution < -0.4 is 0 Å². The molecule has 0 bridgehead atoms. The van der Waals surface area contributed by atoms with Crippen molar-refractivity contribution in [1.29, 1.82) is 0 Å². The van der Waals surface area contributed by atoms with Gasteiger partial charge in [-0.2, -0.15) is 0 Å². The normalized spacial score (nSPS) is 12.7. The lowest BCUT2D eigenvalue weighted by atomic mass is 10.3. The highest BCUT2D eigenvalue weighted by molar-refractivity contribution is 5.65. The predicted octanol–water partition coefficient (Wildman–Crippen LogP) is 1.32. The van der Waals surface area contributed by atoms with Gasteiger partial charge in [-0.15, -0.1) is 0 Å². The first kappa shape index (κ1) is 9.43. The van der Waals surface area contributed by atoms with Crippen LogP contribution in [0.4, 0.5) is 0 Å². The lowest BCUT2D eigenvalue weighted by Gasteiger charge is -2.08. The van der Waals surface area contributed by atoms with E-state index in [1.165, 1.54) is 6.92 Å². The van der Waals surface area contributed by atoms with E-state index in [1.54, 1.807) is 0 Å². The molecule has 0 radical (unpaired) electrons. The van der Waals surface area contributed by atoms with Crippen molar-refractivity contribution < 1.29 is 14.3 Å².